The van der Waals surface area contributed by atoms with Crippen LogP contribution in [0.2, 0.25) is 0 Å². The van der Waals surface area contributed by atoms with Crippen molar-refractivity contribution in [2.24, 2.45) is 0 Å². The summed E-state index contributed by atoms with van der Waals surface area (Å²) in [5.41, 5.74) is 11.0. The molecule has 45 heavy (non-hydrogen) atoms. The molecule has 0 bridgehead atoms. The van der Waals surface area contributed by atoms with Gasteiger partial charge in [-0.2, -0.15) is 0 Å². The van der Waals surface area contributed by atoms with Crippen LogP contribution in [0, 0.1) is 28.7 Å². The molecule has 0 amide bonds. The molecule has 8 rings (SSSR count). The van der Waals surface area contributed by atoms with Gasteiger partial charge in [0.15, 0.2) is 0 Å². The smallest absolute Gasteiger partial charge is 0.358 e. The molecular formula is C44H38Zr. The molecule has 0 spiro atoms. The second-order valence-corrected chi connectivity index (χ2v) is 11.7. The number of benzene rings is 6. The molecule has 0 aliphatic heterocycles. The Labute approximate surface area is 287 Å². The number of aryl methyl sites for hydroxylation is 4. The van der Waals surface area contributed by atoms with E-state index >= 15 is 0 Å². The fourth-order valence-electron chi connectivity index (χ4n) is 7.36. The van der Waals surface area contributed by atoms with Crippen LogP contribution in [0.15, 0.2) is 133 Å². The Kier molecular flexibility index (Phi) is 9.43. The average molecular weight is 658 g/mol. The first-order valence-electron chi connectivity index (χ1n) is 15.0. The third-order valence-electron chi connectivity index (χ3n) is 9.18. The van der Waals surface area contributed by atoms with E-state index in [1.807, 2.05) is 0 Å². The summed E-state index contributed by atoms with van der Waals surface area (Å²) < 4.78 is 0. The van der Waals surface area contributed by atoms with Crippen LogP contribution >= 0.6 is 0 Å². The fraction of sp³-hybridized carbons (Fsp3) is 0.0909. The van der Waals surface area contributed by atoms with Gasteiger partial charge in [0.1, 0.15) is 0 Å². The molecule has 0 radical (unpaired) electrons. The molecule has 1 heteroatoms. The van der Waals surface area contributed by atoms with E-state index < -0.39 is 0 Å². The van der Waals surface area contributed by atoms with Crippen LogP contribution in [0.5, 0.6) is 0 Å². The Morgan fingerprint density at radius 3 is 1.27 bits per heavy atom. The van der Waals surface area contributed by atoms with Crippen LogP contribution in [0.4, 0.5) is 0 Å². The van der Waals surface area contributed by atoms with Gasteiger partial charge in [0.2, 0.25) is 0 Å². The molecule has 0 aromatic heterocycles. The standard InChI is InChI=1S/C42H32.2CH3.Zr/c1-27-25-33-17-7-15-31(41(33)39(27)37-21-9-13-29-11-3-5-19-35(29)37)23-24-32-16-8-18-34-26-28(2)40(42(32)34)38-22-10-14-30-12-4-6-20-36(30)38;;;/h3-22,25-26H,23-24H2,1-2H3;2*1H3;/q-2;2*-1;+4. The van der Waals surface area contributed by atoms with E-state index in [1.165, 1.54) is 87.6 Å². The van der Waals surface area contributed by atoms with Crippen LogP contribution in [-0.4, -0.2) is 0 Å². The molecule has 0 heterocycles. The van der Waals surface area contributed by atoms with Gasteiger partial charge in [-0.1, -0.05) is 133 Å². The van der Waals surface area contributed by atoms with E-state index in [0.29, 0.717) is 0 Å². The zero-order chi connectivity index (χ0) is 28.2. The molecule has 0 atom stereocenters. The summed E-state index contributed by atoms with van der Waals surface area (Å²) in [4.78, 5) is 0. The van der Waals surface area contributed by atoms with Gasteiger partial charge >= 0.3 is 26.2 Å². The minimum atomic E-state index is 0. The van der Waals surface area contributed by atoms with E-state index in [1.54, 1.807) is 0 Å². The Hall–Kier alpha value is -4.06. The van der Waals surface area contributed by atoms with Gasteiger partial charge in [-0.05, 0) is 34.4 Å². The SMILES string of the molecule is Cc1[cH-]c2cccc(CCc3cccc4[cH-]c(C)c(-c5cccc6ccccc56)c34)c2c1-c1cccc2ccccc12.[CH3-].[CH3-].[Zr+4]. The molecule has 0 aliphatic carbocycles. The Balaban J connectivity index is 0.00000133. The third kappa shape index (κ3) is 5.43. The van der Waals surface area contributed by atoms with E-state index in [2.05, 4.69) is 147 Å². The van der Waals surface area contributed by atoms with Gasteiger partial charge in [0.05, 0.1) is 0 Å². The van der Waals surface area contributed by atoms with Crippen LogP contribution < -0.4 is 0 Å². The minimum absolute atomic E-state index is 0. The summed E-state index contributed by atoms with van der Waals surface area (Å²) in [6.07, 6.45) is 1.99. The van der Waals surface area contributed by atoms with E-state index in [9.17, 15) is 0 Å². The zero-order valence-corrected chi connectivity index (χ0v) is 29.1. The topological polar surface area (TPSA) is 0 Å². The largest absolute Gasteiger partial charge is 4.00 e. The zero-order valence-electron chi connectivity index (χ0n) is 26.6. The van der Waals surface area contributed by atoms with Crippen LogP contribution in [0.3, 0.4) is 0 Å². The van der Waals surface area contributed by atoms with Crippen LogP contribution in [0.1, 0.15) is 22.3 Å². The van der Waals surface area contributed by atoms with E-state index in [4.69, 9.17) is 0 Å². The molecule has 0 fully saturated rings. The summed E-state index contributed by atoms with van der Waals surface area (Å²) in [6, 6.07) is 49.4. The normalized spacial score (nSPS) is 11.0. The maximum Gasteiger partial charge on any atom is 4.00 e. The minimum Gasteiger partial charge on any atom is -0.358 e. The van der Waals surface area contributed by atoms with Crippen molar-refractivity contribution in [1.82, 2.24) is 0 Å². The molecule has 0 aliphatic rings. The summed E-state index contributed by atoms with van der Waals surface area (Å²) in [6.45, 7) is 4.54. The maximum absolute atomic E-state index is 2.37. The van der Waals surface area contributed by atoms with Gasteiger partial charge in [-0.25, -0.2) is 0 Å². The quantitative estimate of drug-likeness (QED) is 0.162. The van der Waals surface area contributed by atoms with Gasteiger partial charge in [-0.15, -0.1) is 80.2 Å². The first kappa shape index (κ1) is 32.3. The average Bonchev–Trinajstić information content (AvgIpc) is 3.55. The molecule has 8 aromatic carbocycles. The van der Waals surface area contributed by atoms with Crippen molar-refractivity contribution in [3.63, 3.8) is 0 Å². The molecule has 0 N–H and O–H groups in total. The van der Waals surface area contributed by atoms with Gasteiger partial charge < -0.3 is 14.9 Å². The van der Waals surface area contributed by atoms with Crippen molar-refractivity contribution in [3.8, 4) is 22.3 Å². The Bertz CT molecular complexity index is 2100. The first-order chi connectivity index (χ1) is 20.7. The molecule has 8 aromatic rings. The van der Waals surface area contributed by atoms with Crippen molar-refractivity contribution < 1.29 is 26.2 Å². The number of fused-ring (bicyclic) bond motifs is 4. The fourth-order valence-corrected chi connectivity index (χ4v) is 7.36. The monoisotopic (exact) mass is 656 g/mol. The predicted octanol–water partition coefficient (Wildman–Crippen LogP) is 12.4. The summed E-state index contributed by atoms with van der Waals surface area (Å²) >= 11 is 0. The molecule has 0 unspecified atom stereocenters. The molecule has 0 saturated carbocycles. The van der Waals surface area contributed by atoms with Gasteiger partial charge in [-0.3, -0.25) is 0 Å². The van der Waals surface area contributed by atoms with Crippen molar-refractivity contribution in [2.45, 2.75) is 26.7 Å². The van der Waals surface area contributed by atoms with Crippen molar-refractivity contribution in [3.05, 3.63) is 171 Å². The molecular weight excluding hydrogens is 620 g/mol. The van der Waals surface area contributed by atoms with E-state index in [0.717, 1.165) is 12.8 Å². The van der Waals surface area contributed by atoms with E-state index in [-0.39, 0.29) is 41.1 Å². The van der Waals surface area contributed by atoms with Crippen LogP contribution in [0.25, 0.3) is 65.3 Å². The first-order valence-corrected chi connectivity index (χ1v) is 15.0. The summed E-state index contributed by atoms with van der Waals surface area (Å²) in [7, 11) is 0. The second kappa shape index (κ2) is 13.1. The predicted molar refractivity (Wildman–Crippen MR) is 195 cm³/mol. The van der Waals surface area contributed by atoms with Gasteiger partial charge in [0.25, 0.3) is 0 Å². The third-order valence-corrected chi connectivity index (χ3v) is 9.18. The van der Waals surface area contributed by atoms with Crippen LogP contribution in [-0.2, 0) is 39.0 Å². The number of hydrogen-bond donors (Lipinski definition) is 0. The summed E-state index contributed by atoms with van der Waals surface area (Å²) in [5.74, 6) is 0. The van der Waals surface area contributed by atoms with Gasteiger partial charge in [0, 0.05) is 0 Å². The summed E-state index contributed by atoms with van der Waals surface area (Å²) in [5, 5.41) is 10.7. The Morgan fingerprint density at radius 2 is 0.822 bits per heavy atom. The Morgan fingerprint density at radius 1 is 0.444 bits per heavy atom. The second-order valence-electron chi connectivity index (χ2n) is 11.7. The molecule has 0 nitrogen and oxygen atoms in total. The number of rotatable bonds is 5. The number of hydrogen-bond acceptors (Lipinski definition) is 0. The maximum atomic E-state index is 2.37. The van der Waals surface area contributed by atoms with Crippen molar-refractivity contribution in [2.75, 3.05) is 0 Å². The molecule has 0 saturated heterocycles. The van der Waals surface area contributed by atoms with Crippen molar-refractivity contribution >= 4 is 43.1 Å². The molecule has 218 valence electrons. The van der Waals surface area contributed by atoms with Crippen molar-refractivity contribution in [1.29, 1.82) is 0 Å².